The zero-order chi connectivity index (χ0) is 31.3. The monoisotopic (exact) mass is 663 g/mol. The molecule has 0 saturated carbocycles. The number of fused-ring (bicyclic) bond motifs is 3. The fourth-order valence-electron chi connectivity index (χ4n) is 6.76. The molecule has 0 aliphatic carbocycles. The maximum atomic E-state index is 4.73. The lowest BCUT2D eigenvalue weighted by atomic mass is 9.84. The number of hydrogen-bond acceptors (Lipinski definition) is 6. The van der Waals surface area contributed by atoms with Crippen LogP contribution in [0.5, 0.6) is 0 Å². The van der Waals surface area contributed by atoms with Gasteiger partial charge in [-0.3, -0.25) is 9.98 Å². The smallest absolute Gasteiger partial charge is 0.115 e. The second-order valence-electron chi connectivity index (χ2n) is 12.7. The van der Waals surface area contributed by atoms with E-state index in [1.54, 1.807) is 4.80 Å². The van der Waals surface area contributed by atoms with E-state index in [0.717, 1.165) is 28.1 Å². The van der Waals surface area contributed by atoms with Crippen LogP contribution in [0, 0.1) is 0 Å². The zero-order valence-corrected chi connectivity index (χ0v) is 29.0. The van der Waals surface area contributed by atoms with Crippen LogP contribution in [0.15, 0.2) is 125 Å². The van der Waals surface area contributed by atoms with Gasteiger partial charge in [-0.2, -0.15) is 4.80 Å². The van der Waals surface area contributed by atoms with Crippen LogP contribution in [0.3, 0.4) is 0 Å². The van der Waals surface area contributed by atoms with Crippen LogP contribution in [-0.4, -0.2) is 41.5 Å². The molecule has 5 aromatic rings. The Morgan fingerprint density at radius 3 is 1.57 bits per heavy atom. The zero-order valence-electron chi connectivity index (χ0n) is 27.4. The molecule has 9 heteroatoms. The average molecular weight is 665 g/mol. The van der Waals surface area contributed by atoms with Crippen molar-refractivity contribution in [1.82, 2.24) is 15.0 Å². The van der Waals surface area contributed by atoms with E-state index in [2.05, 4.69) is 117 Å². The van der Waals surface area contributed by atoms with Crippen molar-refractivity contribution in [1.29, 1.82) is 0 Å². The van der Waals surface area contributed by atoms with Crippen LogP contribution < -0.4 is 9.80 Å². The molecule has 2 aliphatic heterocycles. The Hall–Kier alpha value is -4.72. The van der Waals surface area contributed by atoms with Crippen molar-refractivity contribution in [3.63, 3.8) is 0 Å². The first kappa shape index (κ1) is 33.6. The predicted octanol–water partition coefficient (Wildman–Crippen LogP) is 9.29. The van der Waals surface area contributed by atoms with E-state index in [9.17, 15) is 0 Å². The maximum Gasteiger partial charge on any atom is 0.115 e. The fourth-order valence-corrected chi connectivity index (χ4v) is 6.76. The van der Waals surface area contributed by atoms with Gasteiger partial charge in [-0.05, 0) is 77.9 Å². The largest absolute Gasteiger partial charge is 0.347 e. The van der Waals surface area contributed by atoms with Crippen LogP contribution >= 0.6 is 24.8 Å². The molecule has 0 saturated heterocycles. The highest BCUT2D eigenvalue weighted by atomic mass is 35.5. The molecule has 0 bridgehead atoms. The SMILES string of the molecule is CN1C(=CC=Nc2ccc(-n3nc4ccc(N=CC=C5N(C)c6ccccc6C5(C)C)cc4n3)cc2)C(C)(C)c2ccccc21.Cl.Cl. The highest BCUT2D eigenvalue weighted by Gasteiger charge is 2.38. The Labute approximate surface area is 288 Å². The molecule has 0 unspecified atom stereocenters. The highest BCUT2D eigenvalue weighted by Crippen LogP contribution is 2.47. The lowest BCUT2D eigenvalue weighted by Gasteiger charge is -2.23. The molecule has 47 heavy (non-hydrogen) atoms. The van der Waals surface area contributed by atoms with Crippen molar-refractivity contribution >= 4 is 71.0 Å². The third-order valence-corrected chi connectivity index (χ3v) is 9.24. The van der Waals surface area contributed by atoms with Gasteiger partial charge >= 0.3 is 0 Å². The van der Waals surface area contributed by atoms with Crippen molar-refractivity contribution < 1.29 is 0 Å². The summed E-state index contributed by atoms with van der Waals surface area (Å²) in [5.74, 6) is 0. The van der Waals surface area contributed by atoms with Crippen LogP contribution in [0.2, 0.25) is 0 Å². The molecule has 7 nitrogen and oxygen atoms in total. The van der Waals surface area contributed by atoms with E-state index in [-0.39, 0.29) is 35.6 Å². The number of aliphatic imine (C=N–C) groups is 2. The normalized spacial score (nSPS) is 17.8. The van der Waals surface area contributed by atoms with Crippen molar-refractivity contribution in [3.8, 4) is 5.69 Å². The van der Waals surface area contributed by atoms with Gasteiger partial charge in [-0.25, -0.2) is 0 Å². The lowest BCUT2D eigenvalue weighted by molar-refractivity contribution is 0.641. The molecular formula is C38H39Cl2N7. The van der Waals surface area contributed by atoms with Gasteiger partial charge in [0.25, 0.3) is 0 Å². The molecule has 240 valence electrons. The Morgan fingerprint density at radius 2 is 1.04 bits per heavy atom. The number of likely N-dealkylation sites (N-methyl/N-ethyl adjacent to an activating group) is 2. The average Bonchev–Trinajstić information content (AvgIpc) is 3.61. The third-order valence-electron chi connectivity index (χ3n) is 9.24. The maximum absolute atomic E-state index is 4.73. The van der Waals surface area contributed by atoms with E-state index in [0.29, 0.717) is 0 Å². The highest BCUT2D eigenvalue weighted by molar-refractivity contribution is 5.86. The summed E-state index contributed by atoms with van der Waals surface area (Å²) in [5, 5.41) is 9.42. The molecule has 3 heterocycles. The molecule has 0 fully saturated rings. The number of aromatic nitrogens is 3. The number of nitrogens with zero attached hydrogens (tertiary/aromatic N) is 7. The molecule has 0 atom stereocenters. The van der Waals surface area contributed by atoms with Gasteiger partial charge in [0.15, 0.2) is 0 Å². The summed E-state index contributed by atoms with van der Waals surface area (Å²) in [5.41, 5.74) is 11.6. The molecule has 0 spiro atoms. The van der Waals surface area contributed by atoms with E-state index < -0.39 is 0 Å². The number of para-hydroxylation sites is 2. The fraction of sp³-hybridized carbons (Fsp3) is 0.211. The van der Waals surface area contributed by atoms with Crippen LogP contribution in [0.25, 0.3) is 16.7 Å². The Bertz CT molecular complexity index is 2050. The van der Waals surface area contributed by atoms with Crippen LogP contribution in [0.4, 0.5) is 22.7 Å². The van der Waals surface area contributed by atoms with E-state index in [4.69, 9.17) is 15.1 Å². The van der Waals surface area contributed by atoms with Crippen molar-refractivity contribution in [2.24, 2.45) is 9.98 Å². The van der Waals surface area contributed by atoms with E-state index in [1.165, 1.54) is 33.9 Å². The summed E-state index contributed by atoms with van der Waals surface area (Å²) < 4.78 is 0. The topological polar surface area (TPSA) is 61.9 Å². The Kier molecular flexibility index (Phi) is 9.18. The van der Waals surface area contributed by atoms with Crippen molar-refractivity contribution in [2.45, 2.75) is 38.5 Å². The predicted molar refractivity (Wildman–Crippen MR) is 202 cm³/mol. The van der Waals surface area contributed by atoms with E-state index in [1.807, 2.05) is 54.9 Å². The molecule has 0 amide bonds. The Morgan fingerprint density at radius 1 is 0.574 bits per heavy atom. The minimum Gasteiger partial charge on any atom is -0.347 e. The number of halogens is 2. The molecule has 7 rings (SSSR count). The summed E-state index contributed by atoms with van der Waals surface area (Å²) in [7, 11) is 4.23. The first-order valence-electron chi connectivity index (χ1n) is 15.3. The number of benzene rings is 4. The van der Waals surface area contributed by atoms with Crippen LogP contribution in [0.1, 0.15) is 38.8 Å². The number of rotatable bonds is 5. The second kappa shape index (κ2) is 12.8. The summed E-state index contributed by atoms with van der Waals surface area (Å²) in [4.78, 5) is 15.6. The molecule has 1 aromatic heterocycles. The van der Waals surface area contributed by atoms with Gasteiger partial charge in [0.1, 0.15) is 11.0 Å². The first-order chi connectivity index (χ1) is 21.6. The van der Waals surface area contributed by atoms with Gasteiger partial charge < -0.3 is 9.80 Å². The standard InChI is InChI=1S/C38H37N7.2ClH/c1-37(2)29-11-7-9-13-33(29)43(5)35(37)21-23-39-26-15-18-28(19-16-26)45-41-31-20-17-27(25-32(31)42-45)40-24-22-36-38(3,4)30-12-8-10-14-34(30)44(36)6;;/h7-25H,1-6H3;2*1H. The number of anilines is 2. The number of allylic oxidation sites excluding steroid dienone is 4. The summed E-state index contributed by atoms with van der Waals surface area (Å²) in [6, 6.07) is 31.0. The van der Waals surface area contributed by atoms with Crippen molar-refractivity contribution in [3.05, 3.63) is 126 Å². The lowest BCUT2D eigenvalue weighted by Crippen LogP contribution is -2.23. The van der Waals surface area contributed by atoms with Gasteiger partial charge in [-0.1, -0.05) is 64.1 Å². The summed E-state index contributed by atoms with van der Waals surface area (Å²) in [6.45, 7) is 9.02. The third kappa shape index (κ3) is 5.86. The first-order valence-corrected chi connectivity index (χ1v) is 15.3. The van der Waals surface area contributed by atoms with Gasteiger partial charge in [0.05, 0.1) is 17.1 Å². The molecular weight excluding hydrogens is 625 g/mol. The molecule has 2 aliphatic rings. The van der Waals surface area contributed by atoms with Crippen molar-refractivity contribution in [2.75, 3.05) is 23.9 Å². The van der Waals surface area contributed by atoms with Gasteiger partial charge in [-0.15, -0.1) is 35.0 Å². The summed E-state index contributed by atoms with van der Waals surface area (Å²) in [6.07, 6.45) is 7.98. The minimum absolute atomic E-state index is 0. The molecule has 0 radical (unpaired) electrons. The quantitative estimate of drug-likeness (QED) is 0.176. The second-order valence-corrected chi connectivity index (χ2v) is 12.7. The summed E-state index contributed by atoms with van der Waals surface area (Å²) >= 11 is 0. The van der Waals surface area contributed by atoms with Gasteiger partial charge in [0, 0.05) is 60.1 Å². The van der Waals surface area contributed by atoms with E-state index >= 15 is 0 Å². The minimum atomic E-state index is -0.0850. The van der Waals surface area contributed by atoms with Gasteiger partial charge in [0.2, 0.25) is 0 Å². The molecule has 4 aromatic carbocycles. The van der Waals surface area contributed by atoms with Crippen LogP contribution in [-0.2, 0) is 10.8 Å². The Balaban J connectivity index is 0.00000217. The molecule has 0 N–H and O–H groups in total. The number of hydrogen-bond donors (Lipinski definition) is 0.